The largest absolute Gasteiger partial charge is 0.396 e. The van der Waals surface area contributed by atoms with Crippen LogP contribution in [-0.2, 0) is 11.2 Å². The van der Waals surface area contributed by atoms with Crippen molar-refractivity contribution < 1.29 is 9.90 Å². The van der Waals surface area contributed by atoms with E-state index in [1.165, 1.54) is 5.56 Å². The first-order valence-corrected chi connectivity index (χ1v) is 5.26. The van der Waals surface area contributed by atoms with Crippen molar-refractivity contribution in [2.24, 2.45) is 5.92 Å². The number of carbonyl (C=O) groups is 1. The minimum atomic E-state index is 0.0412. The van der Waals surface area contributed by atoms with Crippen LogP contribution in [0.2, 0.25) is 0 Å². The lowest BCUT2D eigenvalue weighted by atomic mass is 9.83. The molecule has 2 N–H and O–H groups in total. The van der Waals surface area contributed by atoms with Crippen LogP contribution in [0.5, 0.6) is 0 Å². The van der Waals surface area contributed by atoms with Crippen LogP contribution in [0.4, 0.5) is 0 Å². The first-order valence-electron chi connectivity index (χ1n) is 5.26. The van der Waals surface area contributed by atoms with Gasteiger partial charge in [-0.15, -0.1) is 0 Å². The third-order valence-corrected chi connectivity index (χ3v) is 2.89. The molecule has 15 heavy (non-hydrogen) atoms. The van der Waals surface area contributed by atoms with Gasteiger partial charge in [0, 0.05) is 12.6 Å². The smallest absolute Gasteiger partial charge is 0.225 e. The van der Waals surface area contributed by atoms with E-state index < -0.39 is 0 Å². The lowest BCUT2D eigenvalue weighted by Crippen LogP contribution is -2.59. The molecule has 0 bridgehead atoms. The number of hydrogen-bond donors (Lipinski definition) is 2. The molecule has 1 aliphatic heterocycles. The third-order valence-electron chi connectivity index (χ3n) is 2.89. The molecule has 1 aliphatic rings. The van der Waals surface area contributed by atoms with Crippen LogP contribution in [0, 0.1) is 5.92 Å². The second kappa shape index (κ2) is 4.45. The van der Waals surface area contributed by atoms with Crippen LogP contribution >= 0.6 is 0 Å². The molecule has 0 spiro atoms. The molecule has 1 aromatic rings. The zero-order valence-electron chi connectivity index (χ0n) is 8.52. The zero-order valence-corrected chi connectivity index (χ0v) is 8.52. The molecule has 2 rings (SSSR count). The minimum absolute atomic E-state index is 0.0412. The average Bonchev–Trinajstić information content (AvgIpc) is 2.27. The lowest BCUT2D eigenvalue weighted by Gasteiger charge is -2.36. The zero-order chi connectivity index (χ0) is 10.7. The van der Waals surface area contributed by atoms with Gasteiger partial charge in [0.1, 0.15) is 0 Å². The molecule has 1 saturated heterocycles. The normalized spacial score (nSPS) is 24.5. The van der Waals surface area contributed by atoms with Gasteiger partial charge in [-0.2, -0.15) is 0 Å². The number of carbonyl (C=O) groups excluding carboxylic acids is 1. The number of benzene rings is 1. The summed E-state index contributed by atoms with van der Waals surface area (Å²) < 4.78 is 0. The second-order valence-electron chi connectivity index (χ2n) is 3.92. The van der Waals surface area contributed by atoms with Gasteiger partial charge < -0.3 is 10.4 Å². The minimum Gasteiger partial charge on any atom is -0.396 e. The van der Waals surface area contributed by atoms with E-state index in [9.17, 15) is 4.79 Å². The van der Waals surface area contributed by atoms with Gasteiger partial charge in [-0.1, -0.05) is 30.3 Å². The van der Waals surface area contributed by atoms with E-state index in [4.69, 9.17) is 5.11 Å². The standard InChI is InChI=1S/C12H15NO2/c14-7-6-11-10(12(15)13-11)8-9-4-2-1-3-5-9/h1-5,10-11,14H,6-8H2,(H,13,15)/t10-,11-/m0/s1. The van der Waals surface area contributed by atoms with Crippen LogP contribution in [-0.4, -0.2) is 23.7 Å². The van der Waals surface area contributed by atoms with Crippen molar-refractivity contribution in [3.8, 4) is 0 Å². The summed E-state index contributed by atoms with van der Waals surface area (Å²) in [6.07, 6.45) is 1.43. The van der Waals surface area contributed by atoms with E-state index >= 15 is 0 Å². The quantitative estimate of drug-likeness (QED) is 0.712. The topological polar surface area (TPSA) is 49.3 Å². The van der Waals surface area contributed by atoms with Crippen molar-refractivity contribution in [3.63, 3.8) is 0 Å². The lowest BCUT2D eigenvalue weighted by molar-refractivity contribution is -0.135. The maximum Gasteiger partial charge on any atom is 0.225 e. The van der Waals surface area contributed by atoms with Gasteiger partial charge in [0.15, 0.2) is 0 Å². The molecule has 2 atom stereocenters. The Bertz CT molecular complexity index is 337. The number of nitrogens with one attached hydrogen (secondary N) is 1. The average molecular weight is 205 g/mol. The summed E-state index contributed by atoms with van der Waals surface area (Å²) >= 11 is 0. The molecule has 80 valence electrons. The summed E-state index contributed by atoms with van der Waals surface area (Å²) in [5.74, 6) is 0.150. The molecule has 0 saturated carbocycles. The third kappa shape index (κ3) is 2.18. The number of rotatable bonds is 4. The molecule has 1 fully saturated rings. The summed E-state index contributed by atoms with van der Waals surface area (Å²) in [5, 5.41) is 11.6. The number of amides is 1. The van der Waals surface area contributed by atoms with E-state index in [1.54, 1.807) is 0 Å². The summed E-state index contributed by atoms with van der Waals surface area (Å²) in [6.45, 7) is 0.135. The fourth-order valence-electron chi connectivity index (χ4n) is 1.99. The molecule has 0 aliphatic carbocycles. The van der Waals surface area contributed by atoms with Crippen LogP contribution < -0.4 is 5.32 Å². The van der Waals surface area contributed by atoms with Crippen molar-refractivity contribution in [1.29, 1.82) is 0 Å². The fraction of sp³-hybridized carbons (Fsp3) is 0.417. The number of β-lactam (4-membered cyclic amide) rings is 1. The predicted octanol–water partition coefficient (Wildman–Crippen LogP) is 0.726. The maximum atomic E-state index is 11.3. The van der Waals surface area contributed by atoms with Crippen molar-refractivity contribution >= 4 is 5.91 Å². The molecule has 1 heterocycles. The van der Waals surface area contributed by atoms with Gasteiger partial charge in [0.25, 0.3) is 0 Å². The highest BCUT2D eigenvalue weighted by Crippen LogP contribution is 2.22. The molecule has 0 radical (unpaired) electrons. The Morgan fingerprint density at radius 3 is 2.60 bits per heavy atom. The molecule has 3 heteroatoms. The Morgan fingerprint density at radius 2 is 2.00 bits per heavy atom. The maximum absolute atomic E-state index is 11.3. The summed E-state index contributed by atoms with van der Waals surface area (Å²) in [4.78, 5) is 11.3. The first-order chi connectivity index (χ1) is 7.31. The van der Waals surface area contributed by atoms with Crippen molar-refractivity contribution in [2.75, 3.05) is 6.61 Å². The molecule has 0 unspecified atom stereocenters. The highest BCUT2D eigenvalue weighted by Gasteiger charge is 2.38. The summed E-state index contributed by atoms with van der Waals surface area (Å²) in [6, 6.07) is 10.1. The Balaban J connectivity index is 1.96. The first kappa shape index (κ1) is 10.2. The van der Waals surface area contributed by atoms with E-state index in [0.29, 0.717) is 6.42 Å². The van der Waals surface area contributed by atoms with Crippen LogP contribution in [0.15, 0.2) is 30.3 Å². The van der Waals surface area contributed by atoms with Gasteiger partial charge in [-0.3, -0.25) is 4.79 Å². The van der Waals surface area contributed by atoms with Crippen LogP contribution in [0.25, 0.3) is 0 Å². The number of aliphatic hydroxyl groups excluding tert-OH is 1. The van der Waals surface area contributed by atoms with Crippen molar-refractivity contribution in [3.05, 3.63) is 35.9 Å². The summed E-state index contributed by atoms with van der Waals surface area (Å²) in [5.41, 5.74) is 1.18. The highest BCUT2D eigenvalue weighted by molar-refractivity contribution is 5.86. The van der Waals surface area contributed by atoms with Gasteiger partial charge in [-0.25, -0.2) is 0 Å². The summed E-state index contributed by atoms with van der Waals surface area (Å²) in [7, 11) is 0. The van der Waals surface area contributed by atoms with E-state index in [-0.39, 0.29) is 24.5 Å². The molecular formula is C12H15NO2. The monoisotopic (exact) mass is 205 g/mol. The van der Waals surface area contributed by atoms with E-state index in [2.05, 4.69) is 5.32 Å². The van der Waals surface area contributed by atoms with Crippen LogP contribution in [0.1, 0.15) is 12.0 Å². The Morgan fingerprint density at radius 1 is 1.27 bits per heavy atom. The predicted molar refractivity (Wildman–Crippen MR) is 57.3 cm³/mol. The fourth-order valence-corrected chi connectivity index (χ4v) is 1.99. The van der Waals surface area contributed by atoms with Gasteiger partial charge in [0.05, 0.1) is 5.92 Å². The number of aliphatic hydroxyl groups is 1. The van der Waals surface area contributed by atoms with E-state index in [0.717, 1.165) is 6.42 Å². The molecular weight excluding hydrogens is 190 g/mol. The highest BCUT2D eigenvalue weighted by atomic mass is 16.3. The Hall–Kier alpha value is -1.35. The van der Waals surface area contributed by atoms with Gasteiger partial charge in [0.2, 0.25) is 5.91 Å². The molecule has 3 nitrogen and oxygen atoms in total. The Kier molecular flexibility index (Phi) is 3.02. The second-order valence-corrected chi connectivity index (χ2v) is 3.92. The van der Waals surface area contributed by atoms with Gasteiger partial charge >= 0.3 is 0 Å². The van der Waals surface area contributed by atoms with Gasteiger partial charge in [-0.05, 0) is 18.4 Å². The van der Waals surface area contributed by atoms with E-state index in [1.807, 2.05) is 30.3 Å². The van der Waals surface area contributed by atoms with Crippen LogP contribution in [0.3, 0.4) is 0 Å². The number of hydrogen-bond acceptors (Lipinski definition) is 2. The van der Waals surface area contributed by atoms with Crippen molar-refractivity contribution in [2.45, 2.75) is 18.9 Å². The molecule has 1 aromatic carbocycles. The Labute approximate surface area is 89.1 Å². The van der Waals surface area contributed by atoms with Crippen molar-refractivity contribution in [1.82, 2.24) is 5.32 Å². The molecule has 1 amide bonds. The molecule has 0 aromatic heterocycles. The SMILES string of the molecule is O=C1N[C@@H](CCO)[C@@H]1Cc1ccccc1.